The van der Waals surface area contributed by atoms with Crippen molar-refractivity contribution >= 4 is 11.7 Å². The second kappa shape index (κ2) is 6.13. The first-order chi connectivity index (χ1) is 11.2. The summed E-state index contributed by atoms with van der Waals surface area (Å²) >= 11 is 0. The first-order valence-electron chi connectivity index (χ1n) is 7.58. The van der Waals surface area contributed by atoms with Gasteiger partial charge in [0, 0.05) is 18.7 Å². The average Bonchev–Trinajstić information content (AvgIpc) is 3.03. The quantitative estimate of drug-likeness (QED) is 0.818. The van der Waals surface area contributed by atoms with Crippen molar-refractivity contribution < 1.29 is 9.53 Å². The van der Waals surface area contributed by atoms with Gasteiger partial charge in [0.1, 0.15) is 0 Å². The predicted molar refractivity (Wildman–Crippen MR) is 87.6 cm³/mol. The van der Waals surface area contributed by atoms with Crippen LogP contribution in [-0.2, 0) is 15.1 Å². The number of methoxy groups -OCH3 is 1. The summed E-state index contributed by atoms with van der Waals surface area (Å²) < 4.78 is 4.92. The lowest BCUT2D eigenvalue weighted by atomic mass is 9.86. The third-order valence-corrected chi connectivity index (χ3v) is 4.44. The lowest BCUT2D eigenvalue weighted by Gasteiger charge is -2.34. The molecule has 0 spiro atoms. The number of rotatable bonds is 3. The number of benzene rings is 2. The van der Waals surface area contributed by atoms with Crippen molar-refractivity contribution in [3.63, 3.8) is 0 Å². The van der Waals surface area contributed by atoms with E-state index in [1.165, 1.54) is 7.11 Å². The summed E-state index contributed by atoms with van der Waals surface area (Å²) in [5.74, 6) is -0.584. The Balaban J connectivity index is 2.10. The molecule has 1 saturated heterocycles. The van der Waals surface area contributed by atoms with E-state index in [4.69, 9.17) is 4.74 Å². The highest BCUT2D eigenvalue weighted by Gasteiger charge is 2.50. The fourth-order valence-electron chi connectivity index (χ4n) is 3.32. The Bertz CT molecular complexity index is 724. The zero-order valence-electron chi connectivity index (χ0n) is 13.0. The van der Waals surface area contributed by atoms with Crippen molar-refractivity contribution in [1.82, 2.24) is 0 Å². The SMILES string of the molecule is COC(=O)C1CN(c2ccccc2)C(C#N)(c2ccccc2)C1. The molecule has 0 amide bonds. The molecule has 0 bridgehead atoms. The van der Waals surface area contributed by atoms with Gasteiger partial charge in [0.05, 0.1) is 19.1 Å². The molecule has 4 nitrogen and oxygen atoms in total. The van der Waals surface area contributed by atoms with Crippen LogP contribution in [0.2, 0.25) is 0 Å². The second-order valence-corrected chi connectivity index (χ2v) is 5.71. The Kier molecular flexibility index (Phi) is 4.03. The van der Waals surface area contributed by atoms with Crippen LogP contribution in [0.25, 0.3) is 0 Å². The molecule has 2 aromatic rings. The van der Waals surface area contributed by atoms with Crippen LogP contribution in [0.1, 0.15) is 12.0 Å². The summed E-state index contributed by atoms with van der Waals surface area (Å²) in [7, 11) is 1.39. The average molecular weight is 306 g/mol. The Morgan fingerprint density at radius 3 is 2.35 bits per heavy atom. The molecule has 2 aromatic carbocycles. The third-order valence-electron chi connectivity index (χ3n) is 4.44. The van der Waals surface area contributed by atoms with E-state index in [2.05, 4.69) is 6.07 Å². The summed E-state index contributed by atoms with van der Waals surface area (Å²) in [6.07, 6.45) is 0.426. The molecule has 0 radical (unpaired) electrons. The number of carbonyl (C=O) groups is 1. The van der Waals surface area contributed by atoms with Crippen LogP contribution in [0, 0.1) is 17.2 Å². The van der Waals surface area contributed by atoms with Gasteiger partial charge < -0.3 is 9.64 Å². The van der Waals surface area contributed by atoms with Crippen molar-refractivity contribution in [2.75, 3.05) is 18.6 Å². The molecule has 116 valence electrons. The van der Waals surface area contributed by atoms with Crippen LogP contribution in [0.5, 0.6) is 0 Å². The van der Waals surface area contributed by atoms with Gasteiger partial charge in [-0.3, -0.25) is 4.79 Å². The zero-order valence-corrected chi connectivity index (χ0v) is 13.0. The Morgan fingerprint density at radius 1 is 1.17 bits per heavy atom. The summed E-state index contributed by atoms with van der Waals surface area (Å²) in [5, 5.41) is 10.0. The monoisotopic (exact) mass is 306 g/mol. The molecule has 0 saturated carbocycles. The smallest absolute Gasteiger partial charge is 0.310 e. The molecule has 23 heavy (non-hydrogen) atoms. The number of esters is 1. The van der Waals surface area contributed by atoms with Crippen LogP contribution < -0.4 is 4.90 Å². The number of anilines is 1. The highest BCUT2D eigenvalue weighted by atomic mass is 16.5. The molecule has 1 aliphatic rings. The second-order valence-electron chi connectivity index (χ2n) is 5.71. The van der Waals surface area contributed by atoms with Gasteiger partial charge in [-0.05, 0) is 17.7 Å². The fraction of sp³-hybridized carbons (Fsp3) is 0.263. The summed E-state index contributed by atoms with van der Waals surface area (Å²) in [5.41, 5.74) is 0.976. The number of hydrogen-bond acceptors (Lipinski definition) is 4. The first kappa shape index (κ1) is 15.1. The highest BCUT2D eigenvalue weighted by molar-refractivity contribution is 5.76. The Morgan fingerprint density at radius 2 is 1.78 bits per heavy atom. The first-order valence-corrected chi connectivity index (χ1v) is 7.58. The van der Waals surface area contributed by atoms with E-state index in [9.17, 15) is 10.1 Å². The summed E-state index contributed by atoms with van der Waals surface area (Å²) in [6.45, 7) is 0.471. The number of hydrogen-bond donors (Lipinski definition) is 0. The highest BCUT2D eigenvalue weighted by Crippen LogP contribution is 2.44. The van der Waals surface area contributed by atoms with E-state index in [0.29, 0.717) is 13.0 Å². The largest absolute Gasteiger partial charge is 0.469 e. The molecule has 0 N–H and O–H groups in total. The zero-order chi connectivity index (χ0) is 16.3. The van der Waals surface area contributed by atoms with Gasteiger partial charge in [0.15, 0.2) is 5.54 Å². The fourth-order valence-corrected chi connectivity index (χ4v) is 3.32. The molecule has 3 rings (SSSR count). The number of ether oxygens (including phenoxy) is 1. The predicted octanol–water partition coefficient (Wildman–Crippen LogP) is 3.10. The number of nitrogens with zero attached hydrogens (tertiary/aromatic N) is 2. The Hall–Kier alpha value is -2.80. The number of para-hydroxylation sites is 1. The summed E-state index contributed by atoms with van der Waals surface area (Å²) in [4.78, 5) is 14.1. The van der Waals surface area contributed by atoms with Gasteiger partial charge in [0.2, 0.25) is 0 Å². The van der Waals surface area contributed by atoms with Crippen LogP contribution in [0.3, 0.4) is 0 Å². The van der Waals surface area contributed by atoms with E-state index in [1.807, 2.05) is 65.6 Å². The van der Waals surface area contributed by atoms with E-state index in [0.717, 1.165) is 11.3 Å². The van der Waals surface area contributed by atoms with Gasteiger partial charge in [-0.15, -0.1) is 0 Å². The maximum absolute atomic E-state index is 12.1. The lowest BCUT2D eigenvalue weighted by molar-refractivity contribution is -0.144. The third kappa shape index (κ3) is 2.55. The van der Waals surface area contributed by atoms with Crippen LogP contribution in [0.4, 0.5) is 5.69 Å². The molecule has 0 aliphatic carbocycles. The van der Waals surface area contributed by atoms with Crippen LogP contribution in [-0.4, -0.2) is 19.6 Å². The van der Waals surface area contributed by atoms with E-state index in [1.54, 1.807) is 0 Å². The molecule has 1 fully saturated rings. The van der Waals surface area contributed by atoms with Crippen molar-refractivity contribution in [3.8, 4) is 6.07 Å². The molecule has 1 heterocycles. The number of nitriles is 1. The standard InChI is InChI=1S/C19H18N2O2/c1-23-18(22)15-12-19(14-20,16-8-4-2-5-9-16)21(13-15)17-10-6-3-7-11-17/h2-11,15H,12-13H2,1H3. The van der Waals surface area contributed by atoms with Gasteiger partial charge in [0.25, 0.3) is 0 Å². The van der Waals surface area contributed by atoms with Gasteiger partial charge in [-0.2, -0.15) is 5.26 Å². The minimum atomic E-state index is -0.860. The van der Waals surface area contributed by atoms with Gasteiger partial charge in [-0.25, -0.2) is 0 Å². The molecule has 1 aliphatic heterocycles. The van der Waals surface area contributed by atoms with Gasteiger partial charge >= 0.3 is 5.97 Å². The Labute approximate surface area is 135 Å². The maximum atomic E-state index is 12.1. The maximum Gasteiger partial charge on any atom is 0.310 e. The van der Waals surface area contributed by atoms with E-state index < -0.39 is 5.54 Å². The normalized spacial score (nSPS) is 23.3. The van der Waals surface area contributed by atoms with E-state index in [-0.39, 0.29) is 11.9 Å². The van der Waals surface area contributed by atoms with Crippen molar-refractivity contribution in [2.24, 2.45) is 5.92 Å². The number of carbonyl (C=O) groups excluding carboxylic acids is 1. The van der Waals surface area contributed by atoms with Crippen molar-refractivity contribution in [2.45, 2.75) is 12.0 Å². The van der Waals surface area contributed by atoms with E-state index >= 15 is 0 Å². The van der Waals surface area contributed by atoms with Crippen LogP contribution >= 0.6 is 0 Å². The van der Waals surface area contributed by atoms with Gasteiger partial charge in [-0.1, -0.05) is 48.5 Å². The summed E-state index contributed by atoms with van der Waals surface area (Å²) in [6, 6.07) is 21.9. The van der Waals surface area contributed by atoms with Crippen molar-refractivity contribution in [3.05, 3.63) is 66.2 Å². The molecule has 4 heteroatoms. The minimum Gasteiger partial charge on any atom is -0.469 e. The van der Waals surface area contributed by atoms with Crippen molar-refractivity contribution in [1.29, 1.82) is 5.26 Å². The molecule has 0 aromatic heterocycles. The lowest BCUT2D eigenvalue weighted by Crippen LogP contribution is -2.40. The molecular weight excluding hydrogens is 288 g/mol. The minimum absolute atomic E-state index is 0.265. The molecular formula is C19H18N2O2. The van der Waals surface area contributed by atoms with Crippen LogP contribution in [0.15, 0.2) is 60.7 Å². The topological polar surface area (TPSA) is 53.3 Å². The molecule has 2 atom stereocenters. The molecule has 2 unspecified atom stereocenters.